The topological polar surface area (TPSA) is 28.7 Å². The van der Waals surface area contributed by atoms with E-state index in [0.29, 0.717) is 5.88 Å². The standard InChI is InChI=1S/C11H10Cl2N2/c12-6-10-7-14-11(15-10)5-8-1-3-9(13)4-2-8/h1-4,7H,5-6H2,(H,14,15). The van der Waals surface area contributed by atoms with Crippen molar-refractivity contribution in [2.45, 2.75) is 12.3 Å². The molecule has 0 aliphatic heterocycles. The molecule has 0 radical (unpaired) electrons. The highest BCUT2D eigenvalue weighted by molar-refractivity contribution is 6.30. The van der Waals surface area contributed by atoms with Crippen LogP contribution in [0, 0.1) is 0 Å². The SMILES string of the molecule is ClCc1cnc(Cc2ccc(Cl)cc2)[nH]1. The lowest BCUT2D eigenvalue weighted by Crippen LogP contribution is -1.90. The summed E-state index contributed by atoms with van der Waals surface area (Å²) in [7, 11) is 0. The number of rotatable bonds is 3. The average Bonchev–Trinajstić information content (AvgIpc) is 2.69. The Morgan fingerprint density at radius 1 is 1.20 bits per heavy atom. The third kappa shape index (κ3) is 2.74. The summed E-state index contributed by atoms with van der Waals surface area (Å²) < 4.78 is 0. The van der Waals surface area contributed by atoms with Crippen LogP contribution in [-0.2, 0) is 12.3 Å². The van der Waals surface area contributed by atoms with E-state index in [0.717, 1.165) is 23.0 Å². The maximum absolute atomic E-state index is 5.80. The molecule has 0 bridgehead atoms. The summed E-state index contributed by atoms with van der Waals surface area (Å²) in [4.78, 5) is 7.38. The number of aromatic amines is 1. The molecule has 1 N–H and O–H groups in total. The monoisotopic (exact) mass is 240 g/mol. The van der Waals surface area contributed by atoms with Crippen molar-refractivity contribution in [3.8, 4) is 0 Å². The largest absolute Gasteiger partial charge is 0.345 e. The van der Waals surface area contributed by atoms with Crippen LogP contribution in [0.1, 0.15) is 17.1 Å². The van der Waals surface area contributed by atoms with E-state index in [4.69, 9.17) is 23.2 Å². The molecule has 0 fully saturated rings. The van der Waals surface area contributed by atoms with Gasteiger partial charge in [-0.3, -0.25) is 0 Å². The van der Waals surface area contributed by atoms with Crippen molar-refractivity contribution in [3.63, 3.8) is 0 Å². The van der Waals surface area contributed by atoms with Crippen LogP contribution in [-0.4, -0.2) is 9.97 Å². The van der Waals surface area contributed by atoms with E-state index in [-0.39, 0.29) is 0 Å². The van der Waals surface area contributed by atoms with Crippen molar-refractivity contribution in [1.82, 2.24) is 9.97 Å². The van der Waals surface area contributed by atoms with E-state index in [9.17, 15) is 0 Å². The van der Waals surface area contributed by atoms with Gasteiger partial charge in [-0.25, -0.2) is 4.98 Å². The van der Waals surface area contributed by atoms with Crippen LogP contribution in [0.3, 0.4) is 0 Å². The predicted molar refractivity (Wildman–Crippen MR) is 62.4 cm³/mol. The van der Waals surface area contributed by atoms with Crippen LogP contribution >= 0.6 is 23.2 Å². The molecule has 4 heteroatoms. The molecule has 0 unspecified atom stereocenters. The van der Waals surface area contributed by atoms with Gasteiger partial charge in [0, 0.05) is 23.3 Å². The van der Waals surface area contributed by atoms with Gasteiger partial charge in [-0.15, -0.1) is 11.6 Å². The Morgan fingerprint density at radius 3 is 2.53 bits per heavy atom. The zero-order chi connectivity index (χ0) is 10.7. The fraction of sp³-hybridized carbons (Fsp3) is 0.182. The minimum Gasteiger partial charge on any atom is -0.345 e. The third-order valence-corrected chi connectivity index (χ3v) is 2.65. The van der Waals surface area contributed by atoms with E-state index in [1.54, 1.807) is 6.20 Å². The van der Waals surface area contributed by atoms with E-state index in [2.05, 4.69) is 9.97 Å². The molecule has 1 heterocycles. The molecule has 0 atom stereocenters. The number of hydrogen-bond acceptors (Lipinski definition) is 1. The Labute approximate surface area is 98.3 Å². The number of nitrogens with one attached hydrogen (secondary N) is 1. The summed E-state index contributed by atoms with van der Waals surface area (Å²) in [5.41, 5.74) is 2.12. The van der Waals surface area contributed by atoms with Gasteiger partial charge in [-0.1, -0.05) is 23.7 Å². The number of aromatic nitrogens is 2. The molecular formula is C11H10Cl2N2. The summed E-state index contributed by atoms with van der Waals surface area (Å²) >= 11 is 11.5. The molecule has 0 aliphatic rings. The Kier molecular flexibility index (Phi) is 3.29. The number of alkyl halides is 1. The zero-order valence-corrected chi connectivity index (χ0v) is 9.52. The summed E-state index contributed by atoms with van der Waals surface area (Å²) in [6, 6.07) is 7.74. The molecule has 0 spiro atoms. The molecular weight excluding hydrogens is 231 g/mol. The van der Waals surface area contributed by atoms with Gasteiger partial charge in [0.2, 0.25) is 0 Å². The molecule has 78 valence electrons. The van der Waals surface area contributed by atoms with E-state index in [1.807, 2.05) is 24.3 Å². The third-order valence-electron chi connectivity index (χ3n) is 2.11. The Bertz CT molecular complexity index is 434. The van der Waals surface area contributed by atoms with Crippen molar-refractivity contribution < 1.29 is 0 Å². The minimum absolute atomic E-state index is 0.466. The second-order valence-corrected chi connectivity index (χ2v) is 4.00. The molecule has 2 aromatic rings. The first-order valence-electron chi connectivity index (χ1n) is 4.61. The summed E-state index contributed by atoms with van der Waals surface area (Å²) in [6.07, 6.45) is 2.53. The van der Waals surface area contributed by atoms with Crippen molar-refractivity contribution in [2.24, 2.45) is 0 Å². The van der Waals surface area contributed by atoms with Crippen LogP contribution < -0.4 is 0 Å². The molecule has 0 saturated heterocycles. The smallest absolute Gasteiger partial charge is 0.110 e. The van der Waals surface area contributed by atoms with Crippen molar-refractivity contribution >= 4 is 23.2 Å². The number of hydrogen-bond donors (Lipinski definition) is 1. The fourth-order valence-corrected chi connectivity index (χ4v) is 1.62. The van der Waals surface area contributed by atoms with Gasteiger partial charge in [0.05, 0.1) is 5.88 Å². The highest BCUT2D eigenvalue weighted by Crippen LogP contribution is 2.12. The van der Waals surface area contributed by atoms with Crippen molar-refractivity contribution in [3.05, 3.63) is 52.6 Å². The lowest BCUT2D eigenvalue weighted by atomic mass is 10.1. The van der Waals surface area contributed by atoms with E-state index in [1.165, 1.54) is 5.56 Å². The van der Waals surface area contributed by atoms with Crippen LogP contribution in [0.4, 0.5) is 0 Å². The average molecular weight is 241 g/mol. The van der Waals surface area contributed by atoms with Crippen LogP contribution in [0.5, 0.6) is 0 Å². The zero-order valence-electron chi connectivity index (χ0n) is 8.00. The highest BCUT2D eigenvalue weighted by atomic mass is 35.5. The van der Waals surface area contributed by atoms with E-state index >= 15 is 0 Å². The number of H-pyrrole nitrogens is 1. The minimum atomic E-state index is 0.466. The van der Waals surface area contributed by atoms with Crippen LogP contribution in [0.25, 0.3) is 0 Å². The second kappa shape index (κ2) is 4.69. The molecule has 2 nitrogen and oxygen atoms in total. The normalized spacial score (nSPS) is 10.5. The summed E-state index contributed by atoms with van der Waals surface area (Å²) in [5, 5.41) is 0.750. The van der Waals surface area contributed by atoms with E-state index < -0.39 is 0 Å². The lowest BCUT2D eigenvalue weighted by Gasteiger charge is -1.98. The Morgan fingerprint density at radius 2 is 1.93 bits per heavy atom. The van der Waals surface area contributed by atoms with Crippen molar-refractivity contribution in [2.75, 3.05) is 0 Å². The number of benzene rings is 1. The molecule has 15 heavy (non-hydrogen) atoms. The Balaban J connectivity index is 2.11. The summed E-state index contributed by atoms with van der Waals surface area (Å²) in [5.74, 6) is 1.39. The number of nitrogens with zero attached hydrogens (tertiary/aromatic N) is 1. The molecule has 0 aliphatic carbocycles. The lowest BCUT2D eigenvalue weighted by molar-refractivity contribution is 1.01. The molecule has 1 aromatic carbocycles. The first kappa shape index (κ1) is 10.5. The van der Waals surface area contributed by atoms with Gasteiger partial charge >= 0.3 is 0 Å². The maximum atomic E-state index is 5.80. The highest BCUT2D eigenvalue weighted by Gasteiger charge is 2.01. The molecule has 0 saturated carbocycles. The molecule has 1 aromatic heterocycles. The van der Waals surface area contributed by atoms with Gasteiger partial charge in [0.25, 0.3) is 0 Å². The van der Waals surface area contributed by atoms with Gasteiger partial charge in [0.15, 0.2) is 0 Å². The fourth-order valence-electron chi connectivity index (χ4n) is 1.36. The van der Waals surface area contributed by atoms with Gasteiger partial charge in [0.1, 0.15) is 5.82 Å². The molecule has 2 rings (SSSR count). The quantitative estimate of drug-likeness (QED) is 0.819. The number of imidazole rings is 1. The van der Waals surface area contributed by atoms with Gasteiger partial charge in [-0.2, -0.15) is 0 Å². The summed E-state index contributed by atoms with van der Waals surface area (Å²) in [6.45, 7) is 0. The van der Waals surface area contributed by atoms with Crippen molar-refractivity contribution in [1.29, 1.82) is 0 Å². The second-order valence-electron chi connectivity index (χ2n) is 3.29. The molecule has 0 amide bonds. The first-order chi connectivity index (χ1) is 7.28. The first-order valence-corrected chi connectivity index (χ1v) is 5.52. The van der Waals surface area contributed by atoms with Gasteiger partial charge in [-0.05, 0) is 17.7 Å². The predicted octanol–water partition coefficient (Wildman–Crippen LogP) is 3.39. The van der Waals surface area contributed by atoms with Crippen LogP contribution in [0.2, 0.25) is 5.02 Å². The number of halogens is 2. The van der Waals surface area contributed by atoms with Gasteiger partial charge < -0.3 is 4.98 Å². The Hall–Kier alpha value is -0.990. The van der Waals surface area contributed by atoms with Crippen LogP contribution in [0.15, 0.2) is 30.5 Å². The maximum Gasteiger partial charge on any atom is 0.110 e.